The number of rotatable bonds is 5. The zero-order valence-corrected chi connectivity index (χ0v) is 18.3. The molecule has 2 spiro atoms. The molecule has 1 unspecified atom stereocenters. The van der Waals surface area contributed by atoms with Gasteiger partial charge in [-0.3, -0.25) is 0 Å². The highest BCUT2D eigenvalue weighted by Gasteiger charge is 2.56. The van der Waals surface area contributed by atoms with Gasteiger partial charge in [-0.25, -0.2) is 9.59 Å². The van der Waals surface area contributed by atoms with Gasteiger partial charge in [-0.15, -0.1) is 0 Å². The second-order valence-corrected chi connectivity index (χ2v) is 9.52. The van der Waals surface area contributed by atoms with Gasteiger partial charge < -0.3 is 24.2 Å². The van der Waals surface area contributed by atoms with Crippen LogP contribution in [0.25, 0.3) is 0 Å². The highest BCUT2D eigenvalue weighted by molar-refractivity contribution is 5.71. The number of ether oxygens (including phenoxy) is 2. The van der Waals surface area contributed by atoms with E-state index in [2.05, 4.69) is 18.7 Å². The van der Waals surface area contributed by atoms with Crippen LogP contribution < -0.4 is 0 Å². The summed E-state index contributed by atoms with van der Waals surface area (Å²) in [5.41, 5.74) is 0.0171. The van der Waals surface area contributed by atoms with E-state index in [0.717, 1.165) is 64.8 Å². The first kappa shape index (κ1) is 20.8. The normalized spacial score (nSPS) is 34.0. The molecule has 0 aromatic rings. The molecule has 0 aromatic carbocycles. The first-order valence-electron chi connectivity index (χ1n) is 11.6. The molecule has 1 aliphatic carbocycles. The average molecular weight is 408 g/mol. The van der Waals surface area contributed by atoms with E-state index in [1.807, 2.05) is 16.7 Å². The summed E-state index contributed by atoms with van der Waals surface area (Å²) < 4.78 is 11.2. The van der Waals surface area contributed by atoms with Gasteiger partial charge in [0.15, 0.2) is 0 Å². The van der Waals surface area contributed by atoms with Crippen LogP contribution in [0.15, 0.2) is 0 Å². The summed E-state index contributed by atoms with van der Waals surface area (Å²) in [6.07, 6.45) is 7.00. The third kappa shape index (κ3) is 3.60. The SMILES string of the molecule is CCCN1C(=O)OC2(CCN(C3CC4(CCN(C(=O)OCC)C4)C3)CC2)C1CC. The van der Waals surface area contributed by atoms with Crippen molar-refractivity contribution in [2.75, 3.05) is 39.3 Å². The van der Waals surface area contributed by atoms with Crippen LogP contribution in [-0.4, -0.2) is 83.9 Å². The van der Waals surface area contributed by atoms with E-state index in [-0.39, 0.29) is 23.8 Å². The molecule has 7 heteroatoms. The maximum absolute atomic E-state index is 12.4. The molecule has 164 valence electrons. The Bertz CT molecular complexity index is 626. The van der Waals surface area contributed by atoms with E-state index in [1.165, 1.54) is 12.8 Å². The summed E-state index contributed by atoms with van der Waals surface area (Å²) >= 11 is 0. The number of carbonyl (C=O) groups is 2. The maximum Gasteiger partial charge on any atom is 0.410 e. The van der Waals surface area contributed by atoms with Crippen molar-refractivity contribution in [2.24, 2.45) is 5.41 Å². The summed E-state index contributed by atoms with van der Waals surface area (Å²) in [4.78, 5) is 30.9. The van der Waals surface area contributed by atoms with Gasteiger partial charge in [0.2, 0.25) is 0 Å². The number of hydrogen-bond donors (Lipinski definition) is 0. The van der Waals surface area contributed by atoms with Crippen LogP contribution in [0.5, 0.6) is 0 Å². The molecule has 3 saturated heterocycles. The molecule has 0 bridgehead atoms. The predicted octanol–water partition coefficient (Wildman–Crippen LogP) is 3.47. The van der Waals surface area contributed by atoms with Crippen LogP contribution in [0, 0.1) is 5.41 Å². The number of likely N-dealkylation sites (tertiary alicyclic amines) is 2. The van der Waals surface area contributed by atoms with Gasteiger partial charge in [-0.2, -0.15) is 0 Å². The molecule has 0 radical (unpaired) electrons. The molecule has 4 fully saturated rings. The van der Waals surface area contributed by atoms with Crippen molar-refractivity contribution in [1.82, 2.24) is 14.7 Å². The molecule has 4 aliphatic rings. The summed E-state index contributed by atoms with van der Waals surface area (Å²) in [5.74, 6) is 0. The predicted molar refractivity (Wildman–Crippen MR) is 110 cm³/mol. The fourth-order valence-corrected chi connectivity index (χ4v) is 6.33. The Hall–Kier alpha value is -1.50. The molecule has 3 aliphatic heterocycles. The van der Waals surface area contributed by atoms with Gasteiger partial charge in [-0.1, -0.05) is 13.8 Å². The zero-order valence-electron chi connectivity index (χ0n) is 18.3. The third-order valence-corrected chi connectivity index (χ3v) is 7.82. The minimum atomic E-state index is -0.285. The Morgan fingerprint density at radius 2 is 1.86 bits per heavy atom. The van der Waals surface area contributed by atoms with E-state index in [9.17, 15) is 9.59 Å². The number of carbonyl (C=O) groups excluding carboxylic acids is 2. The standard InChI is InChI=1S/C22H37N3O4/c1-4-10-25-18(5-2)22(29-20(25)27)8-12-23(13-9-22)17-14-21(15-17)7-11-24(16-21)19(26)28-6-3/h17-18H,4-16H2,1-3H3. The number of hydrogen-bond acceptors (Lipinski definition) is 5. The van der Waals surface area contributed by atoms with E-state index < -0.39 is 0 Å². The fourth-order valence-electron chi connectivity index (χ4n) is 6.33. The Kier molecular flexibility index (Phi) is 5.70. The molecule has 4 rings (SSSR count). The minimum Gasteiger partial charge on any atom is -0.450 e. The summed E-state index contributed by atoms with van der Waals surface area (Å²) in [5, 5.41) is 0. The van der Waals surface area contributed by atoms with Crippen LogP contribution >= 0.6 is 0 Å². The first-order valence-corrected chi connectivity index (χ1v) is 11.6. The van der Waals surface area contributed by atoms with Crippen molar-refractivity contribution >= 4 is 12.2 Å². The first-order chi connectivity index (χ1) is 14.0. The van der Waals surface area contributed by atoms with E-state index in [4.69, 9.17) is 9.47 Å². The maximum atomic E-state index is 12.4. The molecule has 1 atom stereocenters. The third-order valence-electron chi connectivity index (χ3n) is 7.82. The topological polar surface area (TPSA) is 62.3 Å². The number of amides is 2. The summed E-state index contributed by atoms with van der Waals surface area (Å²) in [7, 11) is 0. The van der Waals surface area contributed by atoms with Crippen LogP contribution in [0.2, 0.25) is 0 Å². The monoisotopic (exact) mass is 407 g/mol. The van der Waals surface area contributed by atoms with Crippen LogP contribution in [0.1, 0.15) is 65.7 Å². The van der Waals surface area contributed by atoms with Crippen LogP contribution in [0.4, 0.5) is 9.59 Å². The molecular weight excluding hydrogens is 370 g/mol. The Morgan fingerprint density at radius 1 is 1.14 bits per heavy atom. The van der Waals surface area contributed by atoms with Crippen molar-refractivity contribution in [3.63, 3.8) is 0 Å². The molecule has 29 heavy (non-hydrogen) atoms. The fraction of sp³-hybridized carbons (Fsp3) is 0.909. The Labute approximate surface area is 174 Å². The largest absolute Gasteiger partial charge is 0.450 e. The van der Waals surface area contributed by atoms with Crippen molar-refractivity contribution in [3.05, 3.63) is 0 Å². The average Bonchev–Trinajstić information content (AvgIpc) is 3.23. The van der Waals surface area contributed by atoms with Gasteiger partial charge in [-0.05, 0) is 44.4 Å². The molecule has 0 aromatic heterocycles. The second kappa shape index (κ2) is 7.97. The molecular formula is C22H37N3O4. The Morgan fingerprint density at radius 3 is 2.48 bits per heavy atom. The lowest BCUT2D eigenvalue weighted by molar-refractivity contribution is -0.0635. The van der Waals surface area contributed by atoms with Crippen LogP contribution in [0.3, 0.4) is 0 Å². The quantitative estimate of drug-likeness (QED) is 0.698. The number of nitrogens with zero attached hydrogens (tertiary/aromatic N) is 3. The van der Waals surface area contributed by atoms with Gasteiger partial charge in [0.05, 0.1) is 12.6 Å². The molecule has 1 saturated carbocycles. The molecule has 0 N–H and O–H groups in total. The van der Waals surface area contributed by atoms with Gasteiger partial charge >= 0.3 is 12.2 Å². The minimum absolute atomic E-state index is 0.111. The van der Waals surface area contributed by atoms with Gasteiger partial charge in [0, 0.05) is 51.6 Å². The van der Waals surface area contributed by atoms with Crippen molar-refractivity contribution in [1.29, 1.82) is 0 Å². The summed E-state index contributed by atoms with van der Waals surface area (Å²) in [6.45, 7) is 11.1. The Balaban J connectivity index is 1.29. The van der Waals surface area contributed by atoms with Gasteiger partial charge in [0.25, 0.3) is 0 Å². The highest BCUT2D eigenvalue weighted by Crippen LogP contribution is 2.51. The molecule has 3 heterocycles. The second-order valence-electron chi connectivity index (χ2n) is 9.52. The summed E-state index contributed by atoms with van der Waals surface area (Å²) in [6, 6.07) is 0.830. The smallest absolute Gasteiger partial charge is 0.410 e. The van der Waals surface area contributed by atoms with Gasteiger partial charge in [0.1, 0.15) is 5.60 Å². The lowest BCUT2D eigenvalue weighted by atomic mass is 9.64. The van der Waals surface area contributed by atoms with Crippen LogP contribution in [-0.2, 0) is 9.47 Å². The van der Waals surface area contributed by atoms with Crippen molar-refractivity contribution in [3.8, 4) is 0 Å². The van der Waals surface area contributed by atoms with E-state index in [0.29, 0.717) is 18.1 Å². The van der Waals surface area contributed by atoms with E-state index >= 15 is 0 Å². The highest BCUT2D eigenvalue weighted by atomic mass is 16.6. The van der Waals surface area contributed by atoms with Crippen molar-refractivity contribution in [2.45, 2.75) is 83.4 Å². The molecule has 7 nitrogen and oxygen atoms in total. The van der Waals surface area contributed by atoms with Crippen molar-refractivity contribution < 1.29 is 19.1 Å². The molecule has 2 amide bonds. The number of piperidine rings is 1. The zero-order chi connectivity index (χ0) is 20.6. The van der Waals surface area contributed by atoms with E-state index in [1.54, 1.807) is 0 Å². The lowest BCUT2D eigenvalue weighted by Gasteiger charge is -2.53. The lowest BCUT2D eigenvalue weighted by Crippen LogP contribution is -2.58.